The Morgan fingerprint density at radius 3 is 2.74 bits per heavy atom. The smallest absolute Gasteiger partial charge is 0.336 e. The Balaban J connectivity index is 2.20. The van der Waals surface area contributed by atoms with Crippen molar-refractivity contribution in [1.29, 1.82) is 0 Å². The molecule has 4 heteroatoms. The van der Waals surface area contributed by atoms with Gasteiger partial charge in [0, 0.05) is 16.8 Å². The van der Waals surface area contributed by atoms with E-state index in [-0.39, 0.29) is 0 Å². The highest BCUT2D eigenvalue weighted by Crippen LogP contribution is 2.30. The zero-order valence-electron chi connectivity index (χ0n) is 10.5. The molecule has 0 fully saturated rings. The first kappa shape index (κ1) is 11.8. The number of carbonyl (C=O) groups is 1. The Labute approximate surface area is 111 Å². The fourth-order valence-electron chi connectivity index (χ4n) is 2.63. The van der Waals surface area contributed by atoms with E-state index in [2.05, 4.69) is 9.97 Å². The lowest BCUT2D eigenvalue weighted by atomic mass is 9.91. The molecule has 0 atom stereocenters. The molecular formula is C15H14N2O2. The first-order valence-electron chi connectivity index (χ1n) is 6.43. The first-order chi connectivity index (χ1) is 9.27. The van der Waals surface area contributed by atoms with Gasteiger partial charge in [0.15, 0.2) is 0 Å². The molecule has 4 nitrogen and oxygen atoms in total. The highest BCUT2D eigenvalue weighted by Gasteiger charge is 2.19. The van der Waals surface area contributed by atoms with Crippen molar-refractivity contribution >= 4 is 5.97 Å². The quantitative estimate of drug-likeness (QED) is 0.895. The SMILES string of the molecule is O=C(O)c1ccccc1-c1ncnc2c1CCCC2. The summed E-state index contributed by atoms with van der Waals surface area (Å²) in [6, 6.07) is 7.02. The number of benzene rings is 1. The Morgan fingerprint density at radius 1 is 1.11 bits per heavy atom. The minimum Gasteiger partial charge on any atom is -0.478 e. The summed E-state index contributed by atoms with van der Waals surface area (Å²) in [4.78, 5) is 20.0. The van der Waals surface area contributed by atoms with Crippen molar-refractivity contribution in [3.63, 3.8) is 0 Å². The van der Waals surface area contributed by atoms with E-state index in [4.69, 9.17) is 0 Å². The lowest BCUT2D eigenvalue weighted by Crippen LogP contribution is -2.10. The zero-order chi connectivity index (χ0) is 13.2. The molecule has 0 amide bonds. The topological polar surface area (TPSA) is 63.1 Å². The summed E-state index contributed by atoms with van der Waals surface area (Å²) >= 11 is 0. The van der Waals surface area contributed by atoms with Gasteiger partial charge >= 0.3 is 5.97 Å². The van der Waals surface area contributed by atoms with E-state index >= 15 is 0 Å². The second-order valence-corrected chi connectivity index (χ2v) is 4.71. The van der Waals surface area contributed by atoms with Crippen molar-refractivity contribution in [3.8, 4) is 11.3 Å². The standard InChI is InChI=1S/C15H14N2O2/c18-15(19)11-6-2-1-5-10(11)14-12-7-3-4-8-13(12)16-9-17-14/h1-2,5-6,9H,3-4,7-8H2,(H,18,19). The summed E-state index contributed by atoms with van der Waals surface area (Å²) < 4.78 is 0. The predicted octanol–water partition coefficient (Wildman–Crippen LogP) is 2.72. The highest BCUT2D eigenvalue weighted by molar-refractivity contribution is 5.95. The lowest BCUT2D eigenvalue weighted by molar-refractivity contribution is 0.0697. The molecule has 0 bridgehead atoms. The average Bonchev–Trinajstić information content (AvgIpc) is 2.46. The van der Waals surface area contributed by atoms with Gasteiger partial charge in [-0.25, -0.2) is 14.8 Å². The van der Waals surface area contributed by atoms with Crippen molar-refractivity contribution in [1.82, 2.24) is 9.97 Å². The van der Waals surface area contributed by atoms with Gasteiger partial charge in [-0.2, -0.15) is 0 Å². The lowest BCUT2D eigenvalue weighted by Gasteiger charge is -2.18. The maximum atomic E-state index is 11.3. The molecule has 96 valence electrons. The number of hydrogen-bond acceptors (Lipinski definition) is 3. The molecule has 0 spiro atoms. The van der Waals surface area contributed by atoms with Crippen molar-refractivity contribution < 1.29 is 9.90 Å². The largest absolute Gasteiger partial charge is 0.478 e. The predicted molar refractivity (Wildman–Crippen MR) is 71.1 cm³/mol. The fourth-order valence-corrected chi connectivity index (χ4v) is 2.63. The molecule has 0 saturated heterocycles. The van der Waals surface area contributed by atoms with Gasteiger partial charge in [0.1, 0.15) is 6.33 Å². The third-order valence-corrected chi connectivity index (χ3v) is 3.54. The second kappa shape index (κ2) is 4.80. The van der Waals surface area contributed by atoms with Crippen LogP contribution in [0.15, 0.2) is 30.6 Å². The van der Waals surface area contributed by atoms with E-state index < -0.39 is 5.97 Å². The number of carboxylic acids is 1. The van der Waals surface area contributed by atoms with Crippen LogP contribution in [0.5, 0.6) is 0 Å². The molecule has 1 heterocycles. The van der Waals surface area contributed by atoms with Crippen LogP contribution >= 0.6 is 0 Å². The number of aromatic carboxylic acids is 1. The summed E-state index contributed by atoms with van der Waals surface area (Å²) in [5.41, 5.74) is 3.95. The van der Waals surface area contributed by atoms with E-state index in [9.17, 15) is 9.90 Å². The van der Waals surface area contributed by atoms with E-state index in [0.717, 1.165) is 42.6 Å². The Bertz CT molecular complexity index is 638. The van der Waals surface area contributed by atoms with Crippen LogP contribution in [-0.2, 0) is 12.8 Å². The average molecular weight is 254 g/mol. The summed E-state index contributed by atoms with van der Waals surface area (Å²) in [5.74, 6) is -0.918. The highest BCUT2D eigenvalue weighted by atomic mass is 16.4. The molecule has 2 aromatic rings. The van der Waals surface area contributed by atoms with Crippen LogP contribution in [-0.4, -0.2) is 21.0 Å². The van der Waals surface area contributed by atoms with Crippen molar-refractivity contribution in [3.05, 3.63) is 47.4 Å². The zero-order valence-corrected chi connectivity index (χ0v) is 10.5. The normalized spacial score (nSPS) is 13.9. The molecular weight excluding hydrogens is 240 g/mol. The van der Waals surface area contributed by atoms with Crippen LogP contribution in [0.4, 0.5) is 0 Å². The molecule has 0 radical (unpaired) electrons. The Morgan fingerprint density at radius 2 is 1.89 bits per heavy atom. The number of carboxylic acid groups (broad SMARTS) is 1. The van der Waals surface area contributed by atoms with Gasteiger partial charge in [0.25, 0.3) is 0 Å². The van der Waals surface area contributed by atoms with Crippen molar-refractivity contribution in [2.24, 2.45) is 0 Å². The molecule has 1 aromatic carbocycles. The van der Waals surface area contributed by atoms with Gasteiger partial charge in [-0.3, -0.25) is 0 Å². The molecule has 0 saturated carbocycles. The maximum absolute atomic E-state index is 11.3. The van der Waals surface area contributed by atoms with E-state index in [0.29, 0.717) is 11.1 Å². The number of hydrogen-bond donors (Lipinski definition) is 1. The number of nitrogens with zero attached hydrogens (tertiary/aromatic N) is 2. The van der Waals surface area contributed by atoms with E-state index in [1.54, 1.807) is 12.1 Å². The number of rotatable bonds is 2. The minimum atomic E-state index is -0.918. The molecule has 19 heavy (non-hydrogen) atoms. The monoisotopic (exact) mass is 254 g/mol. The molecule has 1 aliphatic carbocycles. The van der Waals surface area contributed by atoms with E-state index in [1.165, 1.54) is 6.33 Å². The van der Waals surface area contributed by atoms with Crippen molar-refractivity contribution in [2.75, 3.05) is 0 Å². The molecule has 1 aliphatic rings. The Hall–Kier alpha value is -2.23. The fraction of sp³-hybridized carbons (Fsp3) is 0.267. The van der Waals surface area contributed by atoms with Crippen LogP contribution in [0.3, 0.4) is 0 Å². The van der Waals surface area contributed by atoms with Crippen molar-refractivity contribution in [2.45, 2.75) is 25.7 Å². The van der Waals surface area contributed by atoms with Gasteiger partial charge in [-0.1, -0.05) is 18.2 Å². The van der Waals surface area contributed by atoms with Crippen LogP contribution < -0.4 is 0 Å². The van der Waals surface area contributed by atoms with Gasteiger partial charge in [-0.15, -0.1) is 0 Å². The van der Waals surface area contributed by atoms with Crippen LogP contribution in [0, 0.1) is 0 Å². The van der Waals surface area contributed by atoms with Crippen LogP contribution in [0.1, 0.15) is 34.5 Å². The van der Waals surface area contributed by atoms with E-state index in [1.807, 2.05) is 12.1 Å². The van der Waals surface area contributed by atoms with Crippen LogP contribution in [0.25, 0.3) is 11.3 Å². The van der Waals surface area contributed by atoms with Gasteiger partial charge in [0.2, 0.25) is 0 Å². The van der Waals surface area contributed by atoms with Gasteiger partial charge < -0.3 is 5.11 Å². The molecule has 1 aromatic heterocycles. The number of aryl methyl sites for hydroxylation is 1. The molecule has 3 rings (SSSR count). The summed E-state index contributed by atoms with van der Waals surface area (Å²) in [5, 5.41) is 9.29. The number of fused-ring (bicyclic) bond motifs is 1. The van der Waals surface area contributed by atoms with Gasteiger partial charge in [-0.05, 0) is 31.7 Å². The Kier molecular flexibility index (Phi) is 2.99. The third-order valence-electron chi connectivity index (χ3n) is 3.54. The summed E-state index contributed by atoms with van der Waals surface area (Å²) in [6.45, 7) is 0. The molecule has 0 aliphatic heterocycles. The minimum absolute atomic E-state index is 0.300. The summed E-state index contributed by atoms with van der Waals surface area (Å²) in [6.07, 6.45) is 5.68. The van der Waals surface area contributed by atoms with Gasteiger partial charge in [0.05, 0.1) is 11.3 Å². The van der Waals surface area contributed by atoms with Crippen LogP contribution in [0.2, 0.25) is 0 Å². The molecule has 0 unspecified atom stereocenters. The third kappa shape index (κ3) is 2.10. The number of aromatic nitrogens is 2. The first-order valence-corrected chi connectivity index (χ1v) is 6.43. The molecule has 1 N–H and O–H groups in total. The maximum Gasteiger partial charge on any atom is 0.336 e. The second-order valence-electron chi connectivity index (χ2n) is 4.71. The summed E-state index contributed by atoms with van der Waals surface area (Å²) in [7, 11) is 0.